The third kappa shape index (κ3) is 2.28. The van der Waals surface area contributed by atoms with Crippen LogP contribution in [0.5, 0.6) is 0 Å². The van der Waals surface area contributed by atoms with Gasteiger partial charge in [0.2, 0.25) is 5.95 Å². The van der Waals surface area contributed by atoms with Crippen LogP contribution in [0.15, 0.2) is 30.7 Å². The molecule has 0 spiro atoms. The van der Waals surface area contributed by atoms with Gasteiger partial charge < -0.3 is 5.32 Å². The zero-order valence-corrected chi connectivity index (χ0v) is 8.73. The maximum Gasteiger partial charge on any atom is 0.227 e. The second kappa shape index (κ2) is 4.04. The van der Waals surface area contributed by atoms with Gasteiger partial charge in [0, 0.05) is 30.0 Å². The van der Waals surface area contributed by atoms with Crippen LogP contribution in [0.2, 0.25) is 0 Å². The largest absolute Gasteiger partial charge is 0.324 e. The molecule has 0 saturated heterocycles. The van der Waals surface area contributed by atoms with Gasteiger partial charge >= 0.3 is 0 Å². The Morgan fingerprint density at radius 2 is 1.87 bits per heavy atom. The van der Waals surface area contributed by atoms with Crippen molar-refractivity contribution in [2.45, 2.75) is 13.8 Å². The summed E-state index contributed by atoms with van der Waals surface area (Å²) in [5.74, 6) is 0.615. The van der Waals surface area contributed by atoms with E-state index < -0.39 is 0 Å². The Balaban J connectivity index is 2.22. The van der Waals surface area contributed by atoms with Crippen LogP contribution in [-0.2, 0) is 0 Å². The standard InChI is InChI=1S/C11H12N4/c1-8-7-13-11(14-9(8)2)15-10-3-5-12-6-4-10/h3-7H,1-2H3,(H,12,13,14,15). The quantitative estimate of drug-likeness (QED) is 0.807. The van der Waals surface area contributed by atoms with Crippen LogP contribution in [0, 0.1) is 13.8 Å². The summed E-state index contributed by atoms with van der Waals surface area (Å²) in [7, 11) is 0. The fourth-order valence-electron chi connectivity index (χ4n) is 1.15. The monoisotopic (exact) mass is 200 g/mol. The molecule has 0 radical (unpaired) electrons. The summed E-state index contributed by atoms with van der Waals surface area (Å²) in [6.07, 6.45) is 5.26. The van der Waals surface area contributed by atoms with Crippen LogP contribution in [0.1, 0.15) is 11.3 Å². The molecule has 0 amide bonds. The van der Waals surface area contributed by atoms with E-state index in [0.29, 0.717) is 5.95 Å². The van der Waals surface area contributed by atoms with Gasteiger partial charge in [0.25, 0.3) is 0 Å². The highest BCUT2D eigenvalue weighted by Gasteiger charge is 1.99. The van der Waals surface area contributed by atoms with Crippen LogP contribution in [0.25, 0.3) is 0 Å². The molecule has 15 heavy (non-hydrogen) atoms. The number of pyridine rings is 1. The zero-order valence-electron chi connectivity index (χ0n) is 8.73. The van der Waals surface area contributed by atoms with Gasteiger partial charge in [-0.05, 0) is 31.5 Å². The van der Waals surface area contributed by atoms with E-state index >= 15 is 0 Å². The highest BCUT2D eigenvalue weighted by atomic mass is 15.1. The highest BCUT2D eigenvalue weighted by Crippen LogP contribution is 2.11. The van der Waals surface area contributed by atoms with Gasteiger partial charge in [-0.1, -0.05) is 0 Å². The smallest absolute Gasteiger partial charge is 0.227 e. The maximum atomic E-state index is 4.33. The SMILES string of the molecule is Cc1cnc(Nc2ccncc2)nc1C. The molecule has 2 aromatic rings. The van der Waals surface area contributed by atoms with Gasteiger partial charge in [0.15, 0.2) is 0 Å². The van der Waals surface area contributed by atoms with Crippen molar-refractivity contribution in [3.8, 4) is 0 Å². The van der Waals surface area contributed by atoms with Gasteiger partial charge in [-0.25, -0.2) is 9.97 Å². The normalized spacial score (nSPS) is 10.0. The van der Waals surface area contributed by atoms with Gasteiger partial charge in [-0.3, -0.25) is 4.98 Å². The average molecular weight is 200 g/mol. The van der Waals surface area contributed by atoms with E-state index in [-0.39, 0.29) is 0 Å². The molecule has 0 atom stereocenters. The number of anilines is 2. The molecule has 0 bridgehead atoms. The Morgan fingerprint density at radius 3 is 2.53 bits per heavy atom. The molecule has 2 heterocycles. The molecular weight excluding hydrogens is 188 g/mol. The predicted molar refractivity (Wildman–Crippen MR) is 59.0 cm³/mol. The van der Waals surface area contributed by atoms with Crippen LogP contribution in [0.3, 0.4) is 0 Å². The van der Waals surface area contributed by atoms with Crippen LogP contribution >= 0.6 is 0 Å². The topological polar surface area (TPSA) is 50.7 Å². The third-order valence-corrected chi connectivity index (χ3v) is 2.16. The van der Waals surface area contributed by atoms with Crippen LogP contribution in [-0.4, -0.2) is 15.0 Å². The molecule has 0 aliphatic heterocycles. The van der Waals surface area contributed by atoms with Crippen LogP contribution in [0.4, 0.5) is 11.6 Å². The second-order valence-electron chi connectivity index (χ2n) is 3.32. The summed E-state index contributed by atoms with van der Waals surface area (Å²) in [6.45, 7) is 3.96. The number of hydrogen-bond donors (Lipinski definition) is 1. The van der Waals surface area contributed by atoms with Crippen molar-refractivity contribution in [2.24, 2.45) is 0 Å². The fraction of sp³-hybridized carbons (Fsp3) is 0.182. The zero-order chi connectivity index (χ0) is 10.7. The number of aromatic nitrogens is 3. The molecule has 2 aromatic heterocycles. The Kier molecular flexibility index (Phi) is 2.58. The number of aryl methyl sites for hydroxylation is 2. The molecule has 0 aromatic carbocycles. The summed E-state index contributed by atoms with van der Waals surface area (Å²) in [6, 6.07) is 3.75. The minimum Gasteiger partial charge on any atom is -0.324 e. The fourth-order valence-corrected chi connectivity index (χ4v) is 1.15. The lowest BCUT2D eigenvalue weighted by Gasteiger charge is -2.05. The lowest BCUT2D eigenvalue weighted by molar-refractivity contribution is 1.07. The molecule has 0 unspecified atom stereocenters. The van der Waals surface area contributed by atoms with Crippen molar-refractivity contribution in [2.75, 3.05) is 5.32 Å². The Hall–Kier alpha value is -1.97. The van der Waals surface area contributed by atoms with E-state index in [1.165, 1.54) is 0 Å². The highest BCUT2D eigenvalue weighted by molar-refractivity contribution is 5.51. The van der Waals surface area contributed by atoms with E-state index in [2.05, 4.69) is 20.3 Å². The van der Waals surface area contributed by atoms with E-state index in [4.69, 9.17) is 0 Å². The van der Waals surface area contributed by atoms with E-state index in [0.717, 1.165) is 16.9 Å². The van der Waals surface area contributed by atoms with Gasteiger partial charge in [-0.15, -0.1) is 0 Å². The Labute approximate surface area is 88.4 Å². The summed E-state index contributed by atoms with van der Waals surface area (Å²) < 4.78 is 0. The molecular formula is C11H12N4. The first kappa shape index (κ1) is 9.58. The molecule has 76 valence electrons. The number of nitrogens with zero attached hydrogens (tertiary/aromatic N) is 3. The van der Waals surface area contributed by atoms with E-state index in [1.54, 1.807) is 12.4 Å². The molecule has 4 nitrogen and oxygen atoms in total. The maximum absolute atomic E-state index is 4.33. The molecule has 4 heteroatoms. The molecule has 0 saturated carbocycles. The van der Waals surface area contributed by atoms with E-state index in [1.807, 2.05) is 32.2 Å². The lowest BCUT2D eigenvalue weighted by atomic mass is 10.3. The number of rotatable bonds is 2. The van der Waals surface area contributed by atoms with Crippen molar-refractivity contribution in [3.05, 3.63) is 42.0 Å². The minimum atomic E-state index is 0.615. The number of hydrogen-bond acceptors (Lipinski definition) is 4. The molecule has 0 fully saturated rings. The average Bonchev–Trinajstić information content (AvgIpc) is 2.25. The first-order valence-corrected chi connectivity index (χ1v) is 4.73. The molecule has 0 aliphatic rings. The lowest BCUT2D eigenvalue weighted by Crippen LogP contribution is -1.99. The van der Waals surface area contributed by atoms with Crippen molar-refractivity contribution in [1.82, 2.24) is 15.0 Å². The Bertz CT molecular complexity index is 453. The molecule has 0 aliphatic carbocycles. The van der Waals surface area contributed by atoms with E-state index in [9.17, 15) is 0 Å². The second-order valence-corrected chi connectivity index (χ2v) is 3.32. The van der Waals surface area contributed by atoms with Gasteiger partial charge in [0.1, 0.15) is 0 Å². The van der Waals surface area contributed by atoms with Crippen molar-refractivity contribution < 1.29 is 0 Å². The molecule has 2 rings (SSSR count). The van der Waals surface area contributed by atoms with Crippen molar-refractivity contribution in [1.29, 1.82) is 0 Å². The number of nitrogens with one attached hydrogen (secondary N) is 1. The van der Waals surface area contributed by atoms with Gasteiger partial charge in [0.05, 0.1) is 0 Å². The summed E-state index contributed by atoms with van der Waals surface area (Å²) in [5, 5.41) is 3.11. The summed E-state index contributed by atoms with van der Waals surface area (Å²) in [4.78, 5) is 12.5. The van der Waals surface area contributed by atoms with Crippen molar-refractivity contribution >= 4 is 11.6 Å². The van der Waals surface area contributed by atoms with Crippen molar-refractivity contribution in [3.63, 3.8) is 0 Å². The summed E-state index contributed by atoms with van der Waals surface area (Å²) >= 11 is 0. The molecule has 1 N–H and O–H groups in total. The summed E-state index contributed by atoms with van der Waals surface area (Å²) in [5.41, 5.74) is 3.02. The van der Waals surface area contributed by atoms with Crippen LogP contribution < -0.4 is 5.32 Å². The first-order valence-electron chi connectivity index (χ1n) is 4.73. The predicted octanol–water partition coefficient (Wildman–Crippen LogP) is 2.23. The van der Waals surface area contributed by atoms with Gasteiger partial charge in [-0.2, -0.15) is 0 Å². The third-order valence-electron chi connectivity index (χ3n) is 2.16. The minimum absolute atomic E-state index is 0.615. The Morgan fingerprint density at radius 1 is 1.13 bits per heavy atom. The first-order chi connectivity index (χ1) is 7.25.